The summed E-state index contributed by atoms with van der Waals surface area (Å²) < 4.78 is 0. The monoisotopic (exact) mass is 357 g/mol. The molecule has 1 unspecified atom stereocenters. The van der Waals surface area contributed by atoms with Crippen LogP contribution in [0.2, 0.25) is 0 Å². The summed E-state index contributed by atoms with van der Waals surface area (Å²) in [6.45, 7) is 10.8. The zero-order chi connectivity index (χ0) is 19.6. The van der Waals surface area contributed by atoms with Gasteiger partial charge in [-0.25, -0.2) is 0 Å². The molecule has 1 atom stereocenters. The lowest BCUT2D eigenvalue weighted by Gasteiger charge is -2.21. The Balaban J connectivity index is 2.66. The molecule has 0 saturated carbocycles. The third kappa shape index (κ3) is 8.54. The minimum atomic E-state index is -0.453. The molecule has 1 aromatic carbocycles. The van der Waals surface area contributed by atoms with E-state index in [2.05, 4.69) is 39.5 Å². The summed E-state index contributed by atoms with van der Waals surface area (Å²) in [6, 6.07) is 7.63. The molecule has 0 aliphatic carbocycles. The van der Waals surface area contributed by atoms with Crippen LogP contribution in [0, 0.1) is 17.3 Å². The minimum Gasteiger partial charge on any atom is -0.388 e. The second-order valence-corrected chi connectivity index (χ2v) is 8.12. The van der Waals surface area contributed by atoms with Crippen molar-refractivity contribution in [2.45, 2.75) is 79.2 Å². The molecular weight excluding hydrogens is 322 g/mol. The van der Waals surface area contributed by atoms with E-state index in [1.165, 1.54) is 0 Å². The van der Waals surface area contributed by atoms with Crippen LogP contribution in [0.1, 0.15) is 84.8 Å². The predicted molar refractivity (Wildman–Crippen MR) is 110 cm³/mol. The summed E-state index contributed by atoms with van der Waals surface area (Å²) in [6.07, 6.45) is 5.50. The van der Waals surface area contributed by atoms with E-state index in [4.69, 9.17) is 0 Å². The van der Waals surface area contributed by atoms with E-state index >= 15 is 0 Å². The third-order valence-corrected chi connectivity index (χ3v) is 4.39. The van der Waals surface area contributed by atoms with Crippen LogP contribution in [0.15, 0.2) is 24.3 Å². The standard InChI is InChI=1S/C23H35NO2/c1-6-7-8-9-10-18-24(19(2)25)21-15-13-20(14-16-21)22(26)12-11-17-23(3,4)5/h13-16,22,26H,6-8,11-12,17-18H2,1-5H3. The van der Waals surface area contributed by atoms with E-state index in [0.29, 0.717) is 12.0 Å². The number of amides is 1. The Morgan fingerprint density at radius 1 is 1.15 bits per heavy atom. The van der Waals surface area contributed by atoms with Crippen molar-refractivity contribution >= 4 is 11.6 Å². The van der Waals surface area contributed by atoms with Gasteiger partial charge in [0.1, 0.15) is 0 Å². The molecule has 0 fully saturated rings. The average molecular weight is 358 g/mol. The summed E-state index contributed by atoms with van der Waals surface area (Å²) in [7, 11) is 0. The Morgan fingerprint density at radius 3 is 2.35 bits per heavy atom. The zero-order valence-corrected chi connectivity index (χ0v) is 17.1. The van der Waals surface area contributed by atoms with Gasteiger partial charge in [-0.15, -0.1) is 5.92 Å². The van der Waals surface area contributed by atoms with Crippen LogP contribution in [0.5, 0.6) is 0 Å². The topological polar surface area (TPSA) is 40.5 Å². The zero-order valence-electron chi connectivity index (χ0n) is 17.1. The lowest BCUT2D eigenvalue weighted by atomic mass is 9.88. The number of hydrogen-bond donors (Lipinski definition) is 1. The number of carbonyl (C=O) groups is 1. The number of hydrogen-bond acceptors (Lipinski definition) is 2. The van der Waals surface area contributed by atoms with Gasteiger partial charge in [0, 0.05) is 19.0 Å². The van der Waals surface area contributed by atoms with Gasteiger partial charge in [-0.2, -0.15) is 0 Å². The maximum absolute atomic E-state index is 11.9. The Morgan fingerprint density at radius 2 is 1.81 bits per heavy atom. The van der Waals surface area contributed by atoms with E-state index in [0.717, 1.165) is 49.8 Å². The maximum atomic E-state index is 11.9. The van der Waals surface area contributed by atoms with Crippen LogP contribution in [0.4, 0.5) is 5.69 Å². The van der Waals surface area contributed by atoms with Gasteiger partial charge >= 0.3 is 0 Å². The number of anilines is 1. The van der Waals surface area contributed by atoms with Crippen LogP contribution in [-0.2, 0) is 4.79 Å². The van der Waals surface area contributed by atoms with Gasteiger partial charge < -0.3 is 10.0 Å². The van der Waals surface area contributed by atoms with Crippen molar-refractivity contribution in [1.82, 2.24) is 0 Å². The molecule has 0 heterocycles. The second kappa shape index (κ2) is 11.0. The Labute approximate surface area is 159 Å². The van der Waals surface area contributed by atoms with Gasteiger partial charge in [-0.1, -0.05) is 58.6 Å². The fourth-order valence-electron chi connectivity index (χ4n) is 2.74. The van der Waals surface area contributed by atoms with E-state index in [-0.39, 0.29) is 5.91 Å². The molecule has 0 aromatic heterocycles. The van der Waals surface area contributed by atoms with Crippen LogP contribution in [0.3, 0.4) is 0 Å². The highest BCUT2D eigenvalue weighted by Gasteiger charge is 2.14. The van der Waals surface area contributed by atoms with E-state index < -0.39 is 6.10 Å². The summed E-state index contributed by atoms with van der Waals surface area (Å²) in [4.78, 5) is 13.6. The highest BCUT2D eigenvalue weighted by molar-refractivity contribution is 5.91. The maximum Gasteiger partial charge on any atom is 0.224 e. The van der Waals surface area contributed by atoms with Gasteiger partial charge in [-0.05, 0) is 42.4 Å². The fraction of sp³-hybridized carbons (Fsp3) is 0.609. The van der Waals surface area contributed by atoms with E-state index in [9.17, 15) is 9.90 Å². The number of carbonyl (C=O) groups excluding carboxylic acids is 1. The smallest absolute Gasteiger partial charge is 0.224 e. The summed E-state index contributed by atoms with van der Waals surface area (Å²) in [5, 5.41) is 10.4. The first kappa shape index (κ1) is 22.3. The van der Waals surface area contributed by atoms with Crippen molar-refractivity contribution in [2.75, 3.05) is 11.4 Å². The minimum absolute atomic E-state index is 0.0201. The van der Waals surface area contributed by atoms with Gasteiger partial charge in [0.25, 0.3) is 0 Å². The van der Waals surface area contributed by atoms with Crippen LogP contribution >= 0.6 is 0 Å². The molecule has 1 rings (SSSR count). The molecule has 0 aliphatic heterocycles. The first-order valence-corrected chi connectivity index (χ1v) is 9.76. The number of aliphatic hydroxyl groups is 1. The largest absolute Gasteiger partial charge is 0.388 e. The van der Waals surface area contributed by atoms with Gasteiger partial charge in [0.2, 0.25) is 5.91 Å². The molecule has 0 bridgehead atoms. The molecule has 3 nitrogen and oxygen atoms in total. The van der Waals surface area contributed by atoms with Gasteiger partial charge in [-0.3, -0.25) is 4.79 Å². The Bertz CT molecular complexity index is 602. The number of nitrogens with zero attached hydrogens (tertiary/aromatic N) is 1. The molecule has 0 spiro atoms. The Hall–Kier alpha value is -1.79. The molecule has 26 heavy (non-hydrogen) atoms. The number of benzene rings is 1. The van der Waals surface area contributed by atoms with Gasteiger partial charge in [0.15, 0.2) is 0 Å². The fourth-order valence-corrected chi connectivity index (χ4v) is 2.74. The lowest BCUT2D eigenvalue weighted by Crippen LogP contribution is -2.28. The molecule has 144 valence electrons. The van der Waals surface area contributed by atoms with Crippen molar-refractivity contribution in [3.05, 3.63) is 29.8 Å². The third-order valence-electron chi connectivity index (χ3n) is 4.39. The lowest BCUT2D eigenvalue weighted by molar-refractivity contribution is -0.116. The second-order valence-electron chi connectivity index (χ2n) is 8.12. The van der Waals surface area contributed by atoms with Crippen LogP contribution in [0.25, 0.3) is 0 Å². The molecule has 3 heteroatoms. The number of unbranched alkanes of at least 4 members (excludes halogenated alkanes) is 2. The summed E-state index contributed by atoms with van der Waals surface area (Å²) in [5.41, 5.74) is 2.03. The summed E-state index contributed by atoms with van der Waals surface area (Å²) >= 11 is 0. The highest BCUT2D eigenvalue weighted by Crippen LogP contribution is 2.27. The quantitative estimate of drug-likeness (QED) is 0.494. The van der Waals surface area contributed by atoms with Crippen LogP contribution < -0.4 is 4.90 Å². The first-order chi connectivity index (χ1) is 12.2. The molecule has 0 aliphatic rings. The molecule has 1 N–H and O–H groups in total. The van der Waals surface area contributed by atoms with Crippen molar-refractivity contribution in [1.29, 1.82) is 0 Å². The molecular formula is C23H35NO2. The predicted octanol–water partition coefficient (Wildman–Crippen LogP) is 5.48. The molecule has 0 radical (unpaired) electrons. The van der Waals surface area contributed by atoms with Crippen molar-refractivity contribution < 1.29 is 9.90 Å². The number of rotatable bonds is 8. The average Bonchev–Trinajstić information content (AvgIpc) is 2.57. The molecule has 1 amide bonds. The van der Waals surface area contributed by atoms with E-state index in [1.54, 1.807) is 11.8 Å². The highest BCUT2D eigenvalue weighted by atomic mass is 16.3. The normalized spacial score (nSPS) is 12.2. The first-order valence-electron chi connectivity index (χ1n) is 9.76. The van der Waals surface area contributed by atoms with E-state index in [1.807, 2.05) is 24.3 Å². The SMILES string of the molecule is CCCCC#CCN(C(C)=O)c1ccc(C(O)CCCC(C)(C)C)cc1. The van der Waals surface area contributed by atoms with Crippen molar-refractivity contribution in [3.8, 4) is 11.8 Å². The van der Waals surface area contributed by atoms with Crippen molar-refractivity contribution in [2.24, 2.45) is 5.41 Å². The van der Waals surface area contributed by atoms with Gasteiger partial charge in [0.05, 0.1) is 12.6 Å². The van der Waals surface area contributed by atoms with Crippen molar-refractivity contribution in [3.63, 3.8) is 0 Å². The number of aliphatic hydroxyl groups excluding tert-OH is 1. The molecule has 1 aromatic rings. The molecule has 0 saturated heterocycles. The summed E-state index contributed by atoms with van der Waals surface area (Å²) in [5.74, 6) is 6.19. The Kier molecular flexibility index (Phi) is 9.44. The van der Waals surface area contributed by atoms with Crippen LogP contribution in [-0.4, -0.2) is 17.6 Å².